The van der Waals surface area contributed by atoms with E-state index in [1.165, 1.54) is 0 Å². The summed E-state index contributed by atoms with van der Waals surface area (Å²) in [5, 5.41) is -0.166. The molecule has 3 heterocycles. The van der Waals surface area contributed by atoms with Crippen molar-refractivity contribution in [2.75, 3.05) is 9.80 Å². The molecule has 16 rings (SSSR count). The second-order valence-corrected chi connectivity index (χ2v) is 45.2. The zero-order valence-corrected chi connectivity index (χ0v) is 78.2. The van der Waals surface area contributed by atoms with Crippen molar-refractivity contribution in [3.63, 3.8) is 0 Å². The predicted octanol–water partition coefficient (Wildman–Crippen LogP) is 31.8. The fraction of sp³-hybridized carbons (Fsp3) is 0.339. The largest absolute Gasteiger partial charge is 0.310 e. The molecule has 0 atom stereocenters. The Morgan fingerprint density at radius 2 is 0.549 bits per heavy atom. The van der Waals surface area contributed by atoms with Crippen LogP contribution in [0.4, 0.5) is 34.1 Å². The lowest BCUT2D eigenvalue weighted by Gasteiger charge is -2.46. The quantitative estimate of drug-likeness (QED) is 0.133. The number of anilines is 6. The monoisotopic (exact) mass is 1620 g/mol. The minimum absolute atomic E-state index is 0.00189. The molecular weight excluding hydrogens is 1470 g/mol. The van der Waals surface area contributed by atoms with Gasteiger partial charge in [-0.2, -0.15) is 0 Å². The van der Waals surface area contributed by atoms with Gasteiger partial charge in [-0.25, -0.2) is 0 Å². The maximum absolute atomic E-state index is 10.5. The standard InChI is InChI=1S/C118H132BN3/c1-109(2,3)80-50-44-74(45-51-80)92-67-87(116(22,23)24)69-94(79-60-85(114(16,17)18)65-86(61-79)115(19,20)21)107(92)121-102-62-76(73-38-32-31-33-39-73)48-56-98(102)119-99-57-49-77(78-58-83(112(10,11)12)64-84(59-78)113(13,14)15)63-103(99)122(105-72-89(71-104(121)106(105)119)120-100-42-36-34-40-90(100)91-41-35-37-43-101(91)120)108-93(75-46-52-81(53-47-75)110(4,5)6)68-88(117(25,26)27)70-96(108)95-66-82(111(7,8)9)54-55-97(95)118(28,29)30/h31-72H,1-30H3/i31D,32D,33D,34D,35D,36D,37D,38D,39D,40D,41D,42D,43D. The summed E-state index contributed by atoms with van der Waals surface area (Å²) in [5.74, 6) is 0. The van der Waals surface area contributed by atoms with E-state index in [0.717, 1.165) is 139 Å². The van der Waals surface area contributed by atoms with Gasteiger partial charge >= 0.3 is 0 Å². The van der Waals surface area contributed by atoms with Gasteiger partial charge < -0.3 is 14.4 Å². The van der Waals surface area contributed by atoms with Gasteiger partial charge in [0, 0.05) is 55.8 Å². The van der Waals surface area contributed by atoms with E-state index in [9.17, 15) is 16.4 Å². The SMILES string of the molecule is [2H]c1c([2H])c([2H])c(-c2ccc3c(c2)N(c2c(-c4ccc(C(C)(C)C)cc4)cc(C(C)(C)C)cc2-c2cc(C(C)(C)C)cc(C(C)(C)C)c2)c2cc(-n4c5c([2H])c([2H])c([2H])c([2H])c5c5c([2H])c([2H])c([2H])c([2H])c54)cc4c2B3c2ccc(-c3cc(C(C)(C)C)cc(C(C)(C)C)c3)cc2N4c2c(-c3ccc(C(C)(C)C)cc3)cc(C(C)(C)C)cc2-c2cc(C(C)(C)C)ccc2C(C)(C)C)c([2H])c1[2H]. The zero-order valence-electron chi connectivity index (χ0n) is 91.2. The molecule has 0 fully saturated rings. The van der Waals surface area contributed by atoms with Crippen molar-refractivity contribution in [2.45, 2.75) is 262 Å². The molecule has 0 saturated heterocycles. The van der Waals surface area contributed by atoms with Crippen LogP contribution in [0.1, 0.15) is 281 Å². The van der Waals surface area contributed by atoms with Crippen LogP contribution in [0.3, 0.4) is 0 Å². The van der Waals surface area contributed by atoms with Crippen molar-refractivity contribution in [3.8, 4) is 72.4 Å². The summed E-state index contributed by atoms with van der Waals surface area (Å²) in [6.45, 7) is 66.9. The Balaban J connectivity index is 1.26. The first-order chi connectivity index (χ1) is 62.2. The summed E-state index contributed by atoms with van der Waals surface area (Å²) in [6.07, 6.45) is 0. The first kappa shape index (κ1) is 69.8. The molecular formula is C118H132BN3. The molecule has 2 aliphatic heterocycles. The molecule has 3 nitrogen and oxygen atoms in total. The first-order valence-electron chi connectivity index (χ1n) is 50.4. The molecule has 0 spiro atoms. The Bertz CT molecular complexity index is 7110. The number of fused-ring (bicyclic) bond motifs is 7. The summed E-state index contributed by atoms with van der Waals surface area (Å²) >= 11 is 0. The van der Waals surface area contributed by atoms with Crippen LogP contribution < -0.4 is 26.2 Å². The highest BCUT2D eigenvalue weighted by Gasteiger charge is 2.47. The third-order valence-electron chi connectivity index (χ3n) is 25.6. The van der Waals surface area contributed by atoms with Gasteiger partial charge in [-0.1, -0.05) is 402 Å². The lowest BCUT2D eigenvalue weighted by atomic mass is 9.33. The van der Waals surface area contributed by atoms with Crippen LogP contribution in [0, 0.1) is 0 Å². The second kappa shape index (κ2) is 29.5. The molecule has 0 aliphatic carbocycles. The van der Waals surface area contributed by atoms with Gasteiger partial charge in [-0.15, -0.1) is 0 Å². The summed E-state index contributed by atoms with van der Waals surface area (Å²) in [7, 11) is 0. The van der Waals surface area contributed by atoms with E-state index in [4.69, 9.17) is 1.37 Å². The molecule has 13 aromatic carbocycles. The van der Waals surface area contributed by atoms with E-state index in [0.29, 0.717) is 28.3 Å². The van der Waals surface area contributed by atoms with Crippen molar-refractivity contribution >= 4 is 79.0 Å². The number of para-hydroxylation sites is 2. The molecule has 4 heteroatoms. The van der Waals surface area contributed by atoms with Crippen LogP contribution in [0.2, 0.25) is 0 Å². The Morgan fingerprint density at radius 3 is 0.943 bits per heavy atom. The van der Waals surface area contributed by atoms with E-state index in [1.807, 2.05) is 12.1 Å². The molecule has 0 N–H and O–H groups in total. The van der Waals surface area contributed by atoms with Gasteiger partial charge in [-0.3, -0.25) is 0 Å². The average Bonchev–Trinajstić information content (AvgIpc) is 0.728. The fourth-order valence-corrected chi connectivity index (χ4v) is 18.0. The highest BCUT2D eigenvalue weighted by molar-refractivity contribution is 7.00. The summed E-state index contributed by atoms with van der Waals surface area (Å²) in [5.41, 5.74) is 23.7. The number of aromatic nitrogens is 1. The number of benzene rings is 13. The van der Waals surface area contributed by atoms with E-state index < -0.39 is 100 Å². The summed E-state index contributed by atoms with van der Waals surface area (Å²) < 4.78 is 130. The molecule has 0 unspecified atom stereocenters. The fourth-order valence-electron chi connectivity index (χ4n) is 18.0. The molecule has 14 aromatic rings. The zero-order chi connectivity index (χ0) is 99.1. The Hall–Kier alpha value is -10.7. The predicted molar refractivity (Wildman–Crippen MR) is 534 cm³/mol. The lowest BCUT2D eigenvalue weighted by molar-refractivity contribution is 0.568. The third-order valence-corrected chi connectivity index (χ3v) is 25.6. The maximum Gasteiger partial charge on any atom is 0.252 e. The van der Waals surface area contributed by atoms with Gasteiger partial charge in [0.25, 0.3) is 6.71 Å². The highest BCUT2D eigenvalue weighted by Crippen LogP contribution is 2.58. The molecule has 1 aromatic heterocycles. The van der Waals surface area contributed by atoms with Gasteiger partial charge in [0.2, 0.25) is 0 Å². The highest BCUT2D eigenvalue weighted by atomic mass is 15.2. The Kier molecular flexibility index (Phi) is 16.9. The Morgan fingerprint density at radius 1 is 0.230 bits per heavy atom. The maximum atomic E-state index is 10.5. The molecule has 122 heavy (non-hydrogen) atoms. The summed E-state index contributed by atoms with van der Waals surface area (Å²) in [6, 6.07) is 59.3. The third kappa shape index (κ3) is 15.6. The number of hydrogen-bond acceptors (Lipinski definition) is 2. The Labute approximate surface area is 751 Å². The second-order valence-electron chi connectivity index (χ2n) is 45.2. The van der Waals surface area contributed by atoms with Crippen LogP contribution in [0.5, 0.6) is 0 Å². The molecule has 622 valence electrons. The first-order valence-corrected chi connectivity index (χ1v) is 43.9. The summed E-state index contributed by atoms with van der Waals surface area (Å²) in [4.78, 5) is 4.83. The van der Waals surface area contributed by atoms with Gasteiger partial charge in [0.05, 0.1) is 45.9 Å². The van der Waals surface area contributed by atoms with E-state index in [2.05, 4.69) is 381 Å². The lowest BCUT2D eigenvalue weighted by Crippen LogP contribution is -2.61. The number of hydrogen-bond donors (Lipinski definition) is 0. The average molecular weight is 1620 g/mol. The van der Waals surface area contributed by atoms with Crippen LogP contribution in [0.15, 0.2) is 254 Å². The molecule has 0 saturated carbocycles. The molecule has 0 radical (unpaired) electrons. The van der Waals surface area contributed by atoms with Crippen molar-refractivity contribution < 1.29 is 17.8 Å². The van der Waals surface area contributed by atoms with Gasteiger partial charge in [0.15, 0.2) is 0 Å². The van der Waals surface area contributed by atoms with Crippen molar-refractivity contribution in [2.24, 2.45) is 0 Å². The van der Waals surface area contributed by atoms with Crippen LogP contribution in [0.25, 0.3) is 94.3 Å². The van der Waals surface area contributed by atoms with Gasteiger partial charge in [-0.05, 0) is 231 Å². The molecule has 0 amide bonds. The van der Waals surface area contributed by atoms with Crippen molar-refractivity contribution in [3.05, 3.63) is 310 Å². The topological polar surface area (TPSA) is 11.4 Å². The normalized spacial score (nSPS) is 15.3. The smallest absolute Gasteiger partial charge is 0.252 e. The van der Waals surface area contributed by atoms with Crippen molar-refractivity contribution in [1.29, 1.82) is 0 Å². The molecule has 0 bridgehead atoms. The van der Waals surface area contributed by atoms with E-state index >= 15 is 0 Å². The van der Waals surface area contributed by atoms with Crippen LogP contribution in [-0.4, -0.2) is 11.3 Å². The molecule has 2 aliphatic rings. The van der Waals surface area contributed by atoms with E-state index in [-0.39, 0.29) is 72.2 Å². The van der Waals surface area contributed by atoms with Gasteiger partial charge in [0.1, 0.15) is 0 Å². The minimum Gasteiger partial charge on any atom is -0.310 e. The number of nitrogens with zero attached hydrogens (tertiary/aromatic N) is 3. The van der Waals surface area contributed by atoms with Crippen LogP contribution in [-0.2, 0) is 54.1 Å². The minimum atomic E-state index is -0.770. The van der Waals surface area contributed by atoms with E-state index in [1.54, 1.807) is 4.57 Å². The number of rotatable bonds is 9. The van der Waals surface area contributed by atoms with Crippen molar-refractivity contribution in [1.82, 2.24) is 4.57 Å². The van der Waals surface area contributed by atoms with Crippen LogP contribution >= 0.6 is 0 Å².